The first kappa shape index (κ1) is 16.0. The summed E-state index contributed by atoms with van der Waals surface area (Å²) in [7, 11) is 0. The number of nitrogens with zero attached hydrogens (tertiary/aromatic N) is 3. The molecular weight excluding hydrogens is 314 g/mol. The van der Waals surface area contributed by atoms with E-state index >= 15 is 0 Å². The Morgan fingerprint density at radius 2 is 1.76 bits per heavy atom. The molecule has 0 atom stereocenters. The van der Waals surface area contributed by atoms with Crippen LogP contribution in [0, 0.1) is 6.92 Å². The largest absolute Gasteiger partial charge is 0.419 e. The van der Waals surface area contributed by atoms with Crippen LogP contribution in [0.2, 0.25) is 0 Å². The molecule has 0 spiro atoms. The van der Waals surface area contributed by atoms with Gasteiger partial charge in [-0.3, -0.25) is 9.47 Å². The third-order valence-electron chi connectivity index (χ3n) is 4.95. The third kappa shape index (κ3) is 3.33. The second-order valence-corrected chi connectivity index (χ2v) is 6.66. The topological polar surface area (TPSA) is 41.6 Å². The fourth-order valence-corrected chi connectivity index (χ4v) is 3.52. The number of aromatic nitrogens is 1. The lowest BCUT2D eigenvalue weighted by molar-refractivity contribution is 0.246. The van der Waals surface area contributed by atoms with Gasteiger partial charge in [0.1, 0.15) is 0 Å². The number of anilines is 1. The van der Waals surface area contributed by atoms with E-state index in [1.807, 2.05) is 24.3 Å². The van der Waals surface area contributed by atoms with E-state index in [1.165, 1.54) is 11.3 Å². The van der Waals surface area contributed by atoms with Crippen molar-refractivity contribution < 1.29 is 4.42 Å². The van der Waals surface area contributed by atoms with Crippen molar-refractivity contribution in [2.24, 2.45) is 0 Å². The Hall–Kier alpha value is -2.53. The summed E-state index contributed by atoms with van der Waals surface area (Å²) in [5.74, 6) is -0.264. The van der Waals surface area contributed by atoms with Gasteiger partial charge >= 0.3 is 5.76 Å². The molecule has 1 aromatic heterocycles. The van der Waals surface area contributed by atoms with E-state index in [1.54, 1.807) is 4.57 Å². The van der Waals surface area contributed by atoms with Crippen LogP contribution in [0.1, 0.15) is 5.56 Å². The Morgan fingerprint density at radius 1 is 0.960 bits per heavy atom. The van der Waals surface area contributed by atoms with Crippen LogP contribution in [0.5, 0.6) is 0 Å². The van der Waals surface area contributed by atoms with Crippen LogP contribution in [-0.2, 0) is 6.54 Å². The number of hydrogen-bond donors (Lipinski definition) is 0. The van der Waals surface area contributed by atoms with Gasteiger partial charge in [0, 0.05) is 45.0 Å². The maximum atomic E-state index is 12.0. The smallest absolute Gasteiger partial charge is 0.408 e. The second-order valence-electron chi connectivity index (χ2n) is 6.66. The standard InChI is InChI=1S/C20H23N3O2/c1-16-5-4-6-17(15-16)22-12-9-21(10-13-22)11-14-23-18-7-2-3-8-19(18)25-20(23)24/h2-8,15H,9-14H2,1H3. The van der Waals surface area contributed by atoms with E-state index in [0.717, 1.165) is 38.2 Å². The summed E-state index contributed by atoms with van der Waals surface area (Å²) in [6.45, 7) is 7.73. The summed E-state index contributed by atoms with van der Waals surface area (Å²) < 4.78 is 7.04. The molecule has 5 nitrogen and oxygen atoms in total. The Labute approximate surface area is 147 Å². The third-order valence-corrected chi connectivity index (χ3v) is 4.95. The number of fused-ring (bicyclic) bond motifs is 1. The van der Waals surface area contributed by atoms with E-state index < -0.39 is 0 Å². The van der Waals surface area contributed by atoms with Crippen molar-refractivity contribution in [1.29, 1.82) is 0 Å². The minimum atomic E-state index is -0.264. The zero-order valence-electron chi connectivity index (χ0n) is 14.5. The Kier molecular flexibility index (Phi) is 4.32. The number of benzene rings is 2. The van der Waals surface area contributed by atoms with Crippen molar-refractivity contribution in [1.82, 2.24) is 9.47 Å². The molecule has 2 aromatic carbocycles. The lowest BCUT2D eigenvalue weighted by Gasteiger charge is -2.36. The number of piperazine rings is 1. The van der Waals surface area contributed by atoms with Crippen LogP contribution in [0.25, 0.3) is 11.1 Å². The molecule has 1 fully saturated rings. The van der Waals surface area contributed by atoms with Crippen molar-refractivity contribution in [3.8, 4) is 0 Å². The quantitative estimate of drug-likeness (QED) is 0.734. The Morgan fingerprint density at radius 3 is 2.56 bits per heavy atom. The van der Waals surface area contributed by atoms with Crippen LogP contribution in [0.4, 0.5) is 5.69 Å². The van der Waals surface area contributed by atoms with Gasteiger partial charge in [-0.1, -0.05) is 24.3 Å². The van der Waals surface area contributed by atoms with E-state index in [4.69, 9.17) is 4.42 Å². The zero-order chi connectivity index (χ0) is 17.2. The van der Waals surface area contributed by atoms with Gasteiger partial charge in [-0.25, -0.2) is 4.79 Å². The van der Waals surface area contributed by atoms with Crippen molar-refractivity contribution in [3.63, 3.8) is 0 Å². The maximum absolute atomic E-state index is 12.0. The van der Waals surface area contributed by atoms with Crippen LogP contribution >= 0.6 is 0 Å². The SMILES string of the molecule is Cc1cccc(N2CCN(CCn3c(=O)oc4ccccc43)CC2)c1. The Balaban J connectivity index is 1.37. The highest BCUT2D eigenvalue weighted by atomic mass is 16.4. The fraction of sp³-hybridized carbons (Fsp3) is 0.350. The molecule has 0 saturated carbocycles. The van der Waals surface area contributed by atoms with Gasteiger partial charge in [0.25, 0.3) is 0 Å². The summed E-state index contributed by atoms with van der Waals surface area (Å²) in [4.78, 5) is 16.9. The highest BCUT2D eigenvalue weighted by Gasteiger charge is 2.18. The highest BCUT2D eigenvalue weighted by Crippen LogP contribution is 2.18. The lowest BCUT2D eigenvalue weighted by Crippen LogP contribution is -2.47. The van der Waals surface area contributed by atoms with E-state index in [9.17, 15) is 4.79 Å². The monoisotopic (exact) mass is 337 g/mol. The molecule has 2 heterocycles. The van der Waals surface area contributed by atoms with Crippen molar-refractivity contribution in [3.05, 3.63) is 64.6 Å². The molecule has 1 aliphatic rings. The molecule has 0 N–H and O–H groups in total. The average molecular weight is 337 g/mol. The van der Waals surface area contributed by atoms with E-state index in [-0.39, 0.29) is 5.76 Å². The summed E-state index contributed by atoms with van der Waals surface area (Å²) in [6, 6.07) is 16.3. The molecular formula is C20H23N3O2. The van der Waals surface area contributed by atoms with Gasteiger partial charge in [-0.15, -0.1) is 0 Å². The van der Waals surface area contributed by atoms with Gasteiger partial charge in [0.05, 0.1) is 5.52 Å². The van der Waals surface area contributed by atoms with Crippen LogP contribution in [0.3, 0.4) is 0 Å². The van der Waals surface area contributed by atoms with Crippen molar-refractivity contribution >= 4 is 16.8 Å². The molecule has 3 aromatic rings. The molecule has 1 saturated heterocycles. The van der Waals surface area contributed by atoms with Crippen LogP contribution in [-0.4, -0.2) is 42.2 Å². The van der Waals surface area contributed by atoms with Gasteiger partial charge in [0.15, 0.2) is 5.58 Å². The lowest BCUT2D eigenvalue weighted by atomic mass is 10.2. The summed E-state index contributed by atoms with van der Waals surface area (Å²) in [5, 5.41) is 0. The van der Waals surface area contributed by atoms with Crippen LogP contribution in [0.15, 0.2) is 57.7 Å². The molecule has 0 bridgehead atoms. The first-order valence-corrected chi connectivity index (χ1v) is 8.83. The summed E-state index contributed by atoms with van der Waals surface area (Å²) >= 11 is 0. The number of aryl methyl sites for hydroxylation is 1. The number of oxazole rings is 1. The van der Waals surface area contributed by atoms with Gasteiger partial charge in [-0.2, -0.15) is 0 Å². The average Bonchev–Trinajstić information content (AvgIpc) is 2.95. The number of hydrogen-bond acceptors (Lipinski definition) is 4. The van der Waals surface area contributed by atoms with E-state index in [0.29, 0.717) is 12.1 Å². The molecule has 130 valence electrons. The zero-order valence-corrected chi connectivity index (χ0v) is 14.5. The van der Waals surface area contributed by atoms with Gasteiger partial charge < -0.3 is 9.32 Å². The second kappa shape index (κ2) is 6.76. The molecule has 0 radical (unpaired) electrons. The Bertz CT molecular complexity index is 920. The predicted octanol–water partition coefficient (Wildman–Crippen LogP) is 2.73. The molecule has 1 aliphatic heterocycles. The predicted molar refractivity (Wildman–Crippen MR) is 100 cm³/mol. The first-order valence-electron chi connectivity index (χ1n) is 8.83. The van der Waals surface area contributed by atoms with Crippen molar-refractivity contribution in [2.75, 3.05) is 37.6 Å². The maximum Gasteiger partial charge on any atom is 0.419 e. The molecule has 0 amide bonds. The van der Waals surface area contributed by atoms with Crippen LogP contribution < -0.4 is 10.7 Å². The van der Waals surface area contributed by atoms with Gasteiger partial charge in [-0.05, 0) is 36.8 Å². The molecule has 0 unspecified atom stereocenters. The fourth-order valence-electron chi connectivity index (χ4n) is 3.52. The molecule has 25 heavy (non-hydrogen) atoms. The summed E-state index contributed by atoms with van der Waals surface area (Å²) in [5.41, 5.74) is 4.14. The molecule has 4 rings (SSSR count). The molecule has 5 heteroatoms. The first-order chi connectivity index (χ1) is 12.2. The van der Waals surface area contributed by atoms with Crippen molar-refractivity contribution in [2.45, 2.75) is 13.5 Å². The minimum absolute atomic E-state index is 0.264. The number of rotatable bonds is 4. The molecule has 0 aliphatic carbocycles. The summed E-state index contributed by atoms with van der Waals surface area (Å²) in [6.07, 6.45) is 0. The highest BCUT2D eigenvalue weighted by molar-refractivity contribution is 5.72. The number of para-hydroxylation sites is 2. The van der Waals surface area contributed by atoms with E-state index in [2.05, 4.69) is 41.0 Å². The minimum Gasteiger partial charge on any atom is -0.408 e. The van der Waals surface area contributed by atoms with Gasteiger partial charge in [0.2, 0.25) is 0 Å². The normalized spacial score (nSPS) is 15.8.